The summed E-state index contributed by atoms with van der Waals surface area (Å²) in [7, 11) is 0. The predicted molar refractivity (Wildman–Crippen MR) is 46.8 cm³/mol. The first-order valence-corrected chi connectivity index (χ1v) is 4.06. The van der Waals surface area contributed by atoms with Gasteiger partial charge in [0.15, 0.2) is 12.2 Å². The van der Waals surface area contributed by atoms with Crippen molar-refractivity contribution in [1.29, 1.82) is 0 Å². The number of hydrogen-bond acceptors (Lipinski definition) is 4. The van der Waals surface area contributed by atoms with Crippen molar-refractivity contribution in [1.82, 2.24) is 14.6 Å². The molecule has 3 rings (SSSR count). The van der Waals surface area contributed by atoms with Crippen molar-refractivity contribution in [2.75, 3.05) is 12.0 Å². The van der Waals surface area contributed by atoms with Gasteiger partial charge in [-0.3, -0.25) is 0 Å². The summed E-state index contributed by atoms with van der Waals surface area (Å²) in [6.07, 6.45) is 1.50. The van der Waals surface area contributed by atoms with E-state index in [0.29, 0.717) is 12.6 Å². The Balaban J connectivity index is 2.51. The van der Waals surface area contributed by atoms with Crippen LogP contribution in [0, 0.1) is 6.92 Å². The Morgan fingerprint density at radius 2 is 2.54 bits per heavy atom. The molecule has 0 spiro atoms. The Hall–Kier alpha value is -1.78. The highest BCUT2D eigenvalue weighted by molar-refractivity contribution is 5.79. The summed E-state index contributed by atoms with van der Waals surface area (Å²) in [5, 5.41) is 7.25. The molecular weight excluding hydrogens is 168 g/mol. The van der Waals surface area contributed by atoms with Gasteiger partial charge in [-0.05, 0) is 13.0 Å². The smallest absolute Gasteiger partial charge is 0.245 e. The lowest BCUT2D eigenvalue weighted by atomic mass is 10.4. The summed E-state index contributed by atoms with van der Waals surface area (Å²) in [6.45, 7) is 2.48. The Kier molecular flexibility index (Phi) is 1.10. The van der Waals surface area contributed by atoms with Gasteiger partial charge in [0.1, 0.15) is 6.33 Å². The van der Waals surface area contributed by atoms with Gasteiger partial charge in [0.05, 0.1) is 5.69 Å². The van der Waals surface area contributed by atoms with Gasteiger partial charge < -0.3 is 10.1 Å². The van der Waals surface area contributed by atoms with E-state index in [0.717, 1.165) is 16.9 Å². The lowest BCUT2D eigenvalue weighted by molar-refractivity contribution is 0.329. The molecule has 3 heterocycles. The average Bonchev–Trinajstić information content (AvgIpc) is 2.47. The molecule has 5 heteroatoms. The van der Waals surface area contributed by atoms with Crippen LogP contribution >= 0.6 is 0 Å². The van der Waals surface area contributed by atoms with Gasteiger partial charge in [0, 0.05) is 5.69 Å². The highest BCUT2D eigenvalue weighted by Crippen LogP contribution is 2.30. The third-order valence-electron chi connectivity index (χ3n) is 2.17. The van der Waals surface area contributed by atoms with Crippen molar-refractivity contribution in [2.45, 2.75) is 6.92 Å². The molecule has 0 fully saturated rings. The maximum atomic E-state index is 5.33. The molecule has 0 amide bonds. The molecule has 0 saturated heterocycles. The summed E-state index contributed by atoms with van der Waals surface area (Å²) in [6, 6.07) is 2.04. The second-order valence-corrected chi connectivity index (χ2v) is 2.99. The molecule has 0 atom stereocenters. The zero-order valence-electron chi connectivity index (χ0n) is 7.11. The lowest BCUT2D eigenvalue weighted by Crippen LogP contribution is -2.15. The van der Waals surface area contributed by atoms with Crippen LogP contribution in [-0.2, 0) is 0 Å². The van der Waals surface area contributed by atoms with Gasteiger partial charge in [-0.25, -0.2) is 4.52 Å². The molecule has 66 valence electrons. The number of aromatic nitrogens is 3. The molecule has 0 bridgehead atoms. The second kappa shape index (κ2) is 2.12. The van der Waals surface area contributed by atoms with Gasteiger partial charge in [-0.15, -0.1) is 0 Å². The average molecular weight is 176 g/mol. The van der Waals surface area contributed by atoms with E-state index in [-0.39, 0.29) is 0 Å². The number of ether oxygens (including phenoxy) is 1. The maximum Gasteiger partial charge on any atom is 0.245 e. The van der Waals surface area contributed by atoms with Gasteiger partial charge in [-0.2, -0.15) is 10.1 Å². The second-order valence-electron chi connectivity index (χ2n) is 2.99. The first kappa shape index (κ1) is 6.71. The van der Waals surface area contributed by atoms with Crippen molar-refractivity contribution >= 4 is 11.2 Å². The lowest BCUT2D eigenvalue weighted by Gasteiger charge is -2.14. The first-order valence-electron chi connectivity index (χ1n) is 4.06. The van der Waals surface area contributed by atoms with Gasteiger partial charge in [0.2, 0.25) is 5.88 Å². The zero-order chi connectivity index (χ0) is 8.84. The number of rotatable bonds is 0. The topological polar surface area (TPSA) is 51.5 Å². The first-order chi connectivity index (χ1) is 6.36. The van der Waals surface area contributed by atoms with Crippen molar-refractivity contribution in [2.24, 2.45) is 0 Å². The van der Waals surface area contributed by atoms with E-state index < -0.39 is 0 Å². The van der Waals surface area contributed by atoms with Crippen LogP contribution in [0.5, 0.6) is 5.88 Å². The van der Waals surface area contributed by atoms with E-state index in [4.69, 9.17) is 4.74 Å². The highest BCUT2D eigenvalue weighted by atomic mass is 16.5. The number of anilines is 1. The molecule has 0 radical (unpaired) electrons. The molecule has 0 aliphatic carbocycles. The normalized spacial score (nSPS) is 13.9. The van der Waals surface area contributed by atoms with Crippen LogP contribution in [0.2, 0.25) is 0 Å². The highest BCUT2D eigenvalue weighted by Gasteiger charge is 2.17. The summed E-state index contributed by atoms with van der Waals surface area (Å²) < 4.78 is 7.15. The number of nitrogens with one attached hydrogen (secondary N) is 1. The monoisotopic (exact) mass is 176 g/mol. The van der Waals surface area contributed by atoms with Gasteiger partial charge in [0.25, 0.3) is 0 Å². The minimum Gasteiger partial charge on any atom is -0.455 e. The molecule has 0 aromatic carbocycles. The van der Waals surface area contributed by atoms with Gasteiger partial charge in [-0.1, -0.05) is 0 Å². The van der Waals surface area contributed by atoms with Crippen LogP contribution in [0.3, 0.4) is 0 Å². The van der Waals surface area contributed by atoms with E-state index in [2.05, 4.69) is 15.4 Å². The summed E-state index contributed by atoms with van der Waals surface area (Å²) in [4.78, 5) is 4.06. The third-order valence-corrected chi connectivity index (χ3v) is 2.17. The van der Waals surface area contributed by atoms with Crippen molar-refractivity contribution in [3.05, 3.63) is 18.1 Å². The Morgan fingerprint density at radius 3 is 3.46 bits per heavy atom. The van der Waals surface area contributed by atoms with Crippen LogP contribution in [0.25, 0.3) is 5.52 Å². The van der Waals surface area contributed by atoms with E-state index in [1.807, 2.05) is 17.5 Å². The standard InChI is InChI=1S/C8H8N4O/c1-5-2-6-7-8(13-4-10-6)9-3-11-12(5)7/h2-3,10H,4H2,1H3. The van der Waals surface area contributed by atoms with Crippen molar-refractivity contribution in [3.8, 4) is 5.88 Å². The molecule has 1 N–H and O–H groups in total. The summed E-state index contributed by atoms with van der Waals surface area (Å²) in [5.74, 6) is 0.650. The Bertz CT molecular complexity index is 476. The number of nitrogens with zero attached hydrogens (tertiary/aromatic N) is 3. The van der Waals surface area contributed by atoms with E-state index >= 15 is 0 Å². The molecular formula is C8H8N4O. The van der Waals surface area contributed by atoms with Crippen LogP contribution in [0.1, 0.15) is 5.69 Å². The van der Waals surface area contributed by atoms with Crippen molar-refractivity contribution in [3.63, 3.8) is 0 Å². The molecule has 2 aromatic rings. The fraction of sp³-hybridized carbons (Fsp3) is 0.250. The molecule has 5 nitrogen and oxygen atoms in total. The molecule has 1 aliphatic rings. The Labute approximate surface area is 74.3 Å². The van der Waals surface area contributed by atoms with E-state index in [1.165, 1.54) is 6.33 Å². The molecule has 13 heavy (non-hydrogen) atoms. The third kappa shape index (κ3) is 0.756. The summed E-state index contributed by atoms with van der Waals surface area (Å²) >= 11 is 0. The Morgan fingerprint density at radius 1 is 1.62 bits per heavy atom. The molecule has 1 aliphatic heterocycles. The zero-order valence-corrected chi connectivity index (χ0v) is 7.11. The van der Waals surface area contributed by atoms with E-state index in [9.17, 15) is 0 Å². The largest absolute Gasteiger partial charge is 0.455 e. The summed E-state index contributed by atoms with van der Waals surface area (Å²) in [5.41, 5.74) is 3.04. The van der Waals surface area contributed by atoms with Crippen LogP contribution in [-0.4, -0.2) is 21.3 Å². The number of hydrogen-bond donors (Lipinski definition) is 1. The van der Waals surface area contributed by atoms with Crippen LogP contribution in [0.4, 0.5) is 5.69 Å². The van der Waals surface area contributed by atoms with Crippen LogP contribution < -0.4 is 10.1 Å². The van der Waals surface area contributed by atoms with E-state index in [1.54, 1.807) is 0 Å². The minimum absolute atomic E-state index is 0.475. The fourth-order valence-electron chi connectivity index (χ4n) is 1.60. The molecule has 0 unspecified atom stereocenters. The maximum absolute atomic E-state index is 5.33. The minimum atomic E-state index is 0.475. The SMILES string of the molecule is Cc1cc2c3c(ncnn13)OCN2. The predicted octanol–water partition coefficient (Wildman–Crippen LogP) is 0.800. The number of aryl methyl sites for hydroxylation is 1. The molecule has 0 saturated carbocycles. The van der Waals surface area contributed by atoms with Crippen molar-refractivity contribution < 1.29 is 4.74 Å². The molecule has 2 aromatic heterocycles. The van der Waals surface area contributed by atoms with Crippen LogP contribution in [0.15, 0.2) is 12.4 Å². The fourth-order valence-corrected chi connectivity index (χ4v) is 1.60. The van der Waals surface area contributed by atoms with Gasteiger partial charge >= 0.3 is 0 Å². The quantitative estimate of drug-likeness (QED) is 0.645.